The molecule has 298 valence electrons. The number of primary amides is 1. The summed E-state index contributed by atoms with van der Waals surface area (Å²) < 4.78 is 32.3. The third kappa shape index (κ3) is 17.5. The summed E-state index contributed by atoms with van der Waals surface area (Å²) in [6.07, 6.45) is -0.173. The van der Waals surface area contributed by atoms with Crippen LogP contribution in [0, 0.1) is 10.8 Å². The van der Waals surface area contributed by atoms with Crippen LogP contribution in [0.4, 0.5) is 5.69 Å². The molecule has 0 spiro atoms. The van der Waals surface area contributed by atoms with Gasteiger partial charge in [0, 0.05) is 48.4 Å². The van der Waals surface area contributed by atoms with E-state index >= 15 is 0 Å². The third-order valence-corrected chi connectivity index (χ3v) is 9.04. The van der Waals surface area contributed by atoms with Gasteiger partial charge in [-0.3, -0.25) is 28.5 Å². The predicted molar refractivity (Wildman–Crippen MR) is 197 cm³/mol. The third-order valence-electron chi connectivity index (χ3n) is 8.29. The Morgan fingerprint density at radius 2 is 1.45 bits per heavy atom. The monoisotopic (exact) mass is 769 g/mol. The molecule has 0 aliphatic carbocycles. The highest BCUT2D eigenvalue weighted by molar-refractivity contribution is 7.85. The Balaban J connectivity index is 2.77. The van der Waals surface area contributed by atoms with Gasteiger partial charge in [0.05, 0.1) is 17.2 Å². The van der Waals surface area contributed by atoms with Gasteiger partial charge in [-0.25, -0.2) is 4.79 Å². The van der Waals surface area contributed by atoms with E-state index in [0.717, 1.165) is 5.69 Å². The smallest absolute Gasteiger partial charge is 0.326 e. The molecule has 4 amide bonds. The molecule has 0 saturated heterocycles. The second-order valence-electron chi connectivity index (χ2n) is 14.0. The van der Waals surface area contributed by atoms with Gasteiger partial charge in [0.15, 0.2) is 0 Å². The second kappa shape index (κ2) is 21.1. The van der Waals surface area contributed by atoms with Gasteiger partial charge in [-0.15, -0.1) is 0 Å². The number of benzene rings is 1. The lowest BCUT2D eigenvalue weighted by Crippen LogP contribution is -2.50. The highest BCUT2D eigenvalue weighted by Gasteiger charge is 2.40. The van der Waals surface area contributed by atoms with Gasteiger partial charge in [-0.05, 0) is 76.6 Å². The van der Waals surface area contributed by atoms with Crippen LogP contribution < -0.4 is 38.1 Å². The Kier molecular flexibility index (Phi) is 18.4. The molecule has 0 aliphatic rings. The van der Waals surface area contributed by atoms with Crippen LogP contribution in [0.5, 0.6) is 0 Å². The molecular formula is C34H55N7O11S. The number of hydrogen-bond donors (Lipinski definition) is 10. The molecule has 0 saturated carbocycles. The largest absolute Gasteiger partial charge is 0.481 e. The number of rotatable bonds is 26. The van der Waals surface area contributed by atoms with Gasteiger partial charge < -0.3 is 48.3 Å². The van der Waals surface area contributed by atoms with Crippen LogP contribution in [0.25, 0.3) is 0 Å². The lowest BCUT2D eigenvalue weighted by molar-refractivity contribution is -0.150. The van der Waals surface area contributed by atoms with E-state index in [9.17, 15) is 52.0 Å². The summed E-state index contributed by atoms with van der Waals surface area (Å²) in [5.74, 6) is -5.81. The van der Waals surface area contributed by atoms with Gasteiger partial charge in [0.1, 0.15) is 12.1 Å². The number of hydrogen-bond acceptors (Lipinski definition) is 11. The topological polar surface area (TPSA) is 309 Å². The maximum Gasteiger partial charge on any atom is 0.326 e. The molecule has 0 fully saturated rings. The van der Waals surface area contributed by atoms with E-state index in [1.807, 2.05) is 0 Å². The van der Waals surface area contributed by atoms with Crippen molar-refractivity contribution in [2.45, 2.75) is 90.8 Å². The first-order chi connectivity index (χ1) is 24.5. The van der Waals surface area contributed by atoms with Crippen molar-refractivity contribution in [1.82, 2.24) is 21.3 Å². The Bertz CT molecular complexity index is 1560. The van der Waals surface area contributed by atoms with E-state index in [1.54, 1.807) is 24.3 Å². The zero-order valence-electron chi connectivity index (χ0n) is 30.7. The SMILES string of the molecule is C=C(NC(CCC(=O)N[C@@H](CCCCNC(=O)c1ccc(NCCN)cc1)C(N)=O)C(=O)O)C(CCS(=O)(=O)O)NC(=O)C(C)(C)CC(C)(C)C(=O)O. The minimum Gasteiger partial charge on any atom is -0.481 e. The number of aliphatic carboxylic acids is 2. The van der Waals surface area contributed by atoms with Crippen molar-refractivity contribution in [2.75, 3.05) is 30.7 Å². The average molecular weight is 770 g/mol. The molecule has 1 aromatic carbocycles. The zero-order chi connectivity index (χ0) is 40.6. The highest BCUT2D eigenvalue weighted by atomic mass is 32.2. The van der Waals surface area contributed by atoms with Gasteiger partial charge in [0.25, 0.3) is 16.0 Å². The number of carboxylic acids is 2. The number of nitrogens with two attached hydrogens (primary N) is 2. The fourth-order valence-electron chi connectivity index (χ4n) is 5.36. The Morgan fingerprint density at radius 3 is 1.98 bits per heavy atom. The minimum atomic E-state index is -4.51. The van der Waals surface area contributed by atoms with Gasteiger partial charge in [-0.1, -0.05) is 20.4 Å². The van der Waals surface area contributed by atoms with Crippen molar-refractivity contribution in [3.63, 3.8) is 0 Å². The van der Waals surface area contributed by atoms with Crippen LogP contribution in [-0.2, 0) is 34.1 Å². The summed E-state index contributed by atoms with van der Waals surface area (Å²) >= 11 is 0. The predicted octanol–water partition coefficient (Wildman–Crippen LogP) is 0.554. The highest BCUT2D eigenvalue weighted by Crippen LogP contribution is 2.34. The molecule has 1 rings (SSSR count). The molecule has 12 N–H and O–H groups in total. The fourth-order valence-corrected chi connectivity index (χ4v) is 5.89. The van der Waals surface area contributed by atoms with Crippen molar-refractivity contribution in [1.29, 1.82) is 0 Å². The summed E-state index contributed by atoms with van der Waals surface area (Å²) in [5.41, 5.74) is 9.52. The molecule has 2 unspecified atom stereocenters. The van der Waals surface area contributed by atoms with Crippen LogP contribution in [0.15, 0.2) is 36.5 Å². The van der Waals surface area contributed by atoms with Gasteiger partial charge >= 0.3 is 11.9 Å². The van der Waals surface area contributed by atoms with E-state index in [2.05, 4.69) is 33.2 Å². The molecule has 19 heteroatoms. The Labute approximate surface area is 310 Å². The van der Waals surface area contributed by atoms with Crippen molar-refractivity contribution < 1.29 is 52.0 Å². The minimum absolute atomic E-state index is 0.106. The molecule has 3 atom stereocenters. The van der Waals surface area contributed by atoms with E-state index in [0.29, 0.717) is 38.0 Å². The Hall–Kier alpha value is -4.75. The first kappa shape index (κ1) is 46.3. The van der Waals surface area contributed by atoms with E-state index in [-0.39, 0.29) is 37.3 Å². The quantitative estimate of drug-likeness (QED) is 0.0455. The van der Waals surface area contributed by atoms with Crippen LogP contribution in [-0.4, -0.2) is 102 Å². The number of carboxylic acid groups (broad SMARTS) is 2. The number of anilines is 1. The lowest BCUT2D eigenvalue weighted by Gasteiger charge is -2.33. The van der Waals surface area contributed by atoms with Crippen LogP contribution >= 0.6 is 0 Å². The molecular weight excluding hydrogens is 714 g/mol. The van der Waals surface area contributed by atoms with E-state index in [4.69, 9.17) is 11.5 Å². The molecule has 0 bridgehead atoms. The van der Waals surface area contributed by atoms with Crippen molar-refractivity contribution in [2.24, 2.45) is 22.3 Å². The molecule has 0 heterocycles. The van der Waals surface area contributed by atoms with Gasteiger partial charge in [-0.2, -0.15) is 8.42 Å². The summed E-state index contributed by atoms with van der Waals surface area (Å²) in [6, 6.07) is 3.12. The van der Waals surface area contributed by atoms with Crippen LogP contribution in [0.1, 0.15) is 83.0 Å². The first-order valence-electron chi connectivity index (χ1n) is 17.1. The van der Waals surface area contributed by atoms with Gasteiger partial charge in [0.2, 0.25) is 17.7 Å². The molecule has 0 aromatic heterocycles. The lowest BCUT2D eigenvalue weighted by atomic mass is 9.74. The summed E-state index contributed by atoms with van der Waals surface area (Å²) in [5, 5.41) is 32.9. The normalized spacial score (nSPS) is 13.5. The van der Waals surface area contributed by atoms with Crippen molar-refractivity contribution in [3.05, 3.63) is 42.1 Å². The molecule has 1 aromatic rings. The summed E-state index contributed by atoms with van der Waals surface area (Å²) in [7, 11) is -4.51. The number of nitrogens with one attached hydrogen (secondary N) is 5. The van der Waals surface area contributed by atoms with Crippen LogP contribution in [0.3, 0.4) is 0 Å². The number of carbonyl (C=O) groups is 6. The molecule has 0 aliphatic heterocycles. The molecule has 0 radical (unpaired) electrons. The number of amides is 4. The fraction of sp³-hybridized carbons (Fsp3) is 0.588. The number of carbonyl (C=O) groups excluding carboxylic acids is 4. The maximum absolute atomic E-state index is 13.2. The van der Waals surface area contributed by atoms with Crippen molar-refractivity contribution in [3.8, 4) is 0 Å². The average Bonchev–Trinajstić information content (AvgIpc) is 3.05. The van der Waals surface area contributed by atoms with E-state index < -0.39 is 80.9 Å². The molecule has 53 heavy (non-hydrogen) atoms. The Morgan fingerprint density at radius 1 is 0.830 bits per heavy atom. The second-order valence-corrected chi connectivity index (χ2v) is 15.6. The summed E-state index contributed by atoms with van der Waals surface area (Å²) in [4.78, 5) is 74.1. The van der Waals surface area contributed by atoms with Crippen LogP contribution in [0.2, 0.25) is 0 Å². The maximum atomic E-state index is 13.2. The van der Waals surface area contributed by atoms with E-state index in [1.165, 1.54) is 27.7 Å². The zero-order valence-corrected chi connectivity index (χ0v) is 31.5. The first-order valence-corrected chi connectivity index (χ1v) is 18.7. The molecule has 18 nitrogen and oxygen atoms in total. The summed E-state index contributed by atoms with van der Waals surface area (Å²) in [6.45, 7) is 11.0. The standard InChI is InChI=1S/C34H55N7O11S/c1-21(24(15-19-53(50,51)52)41-31(47)33(2,3)20-34(4,5)32(48)49)39-26(30(45)46)13-14-27(42)40-25(28(36)43)8-6-7-17-38-29(44)22-9-11-23(12-10-22)37-18-16-35/h9-12,24-26,37,39H,1,6-8,13-20,35H2,2-5H3,(H2,36,43)(H,38,44)(H,40,42)(H,41,47)(H,45,46)(H,48,49)(H,50,51,52)/t24?,25-,26?/m0/s1. The number of unbranched alkanes of at least 4 members (excludes halogenated alkanes) is 1. The van der Waals surface area contributed by atoms with Crippen molar-refractivity contribution >= 4 is 51.4 Å².